The molecule has 0 fully saturated rings. The smallest absolute Gasteiger partial charge is 0.295 e. The summed E-state index contributed by atoms with van der Waals surface area (Å²) in [6.45, 7) is -1.26. The van der Waals surface area contributed by atoms with Crippen LogP contribution in [0.2, 0.25) is 0 Å². The minimum absolute atomic E-state index is 0.00583. The molecule has 0 saturated heterocycles. The van der Waals surface area contributed by atoms with Gasteiger partial charge in [0.25, 0.3) is 20.2 Å². The standard InChI is InChI=1S/C38H40N12O10S2/c51-21-29(53)19-39-33-45-35(41-25-7-3-1-4-8-25)49-37(47-33)43-27-15-13-23(31(17-27)61(55,56)57)11-12-24-14-16-28(18-32(24)62(58,59)60)44-38-48-34(40-20-30(54)22-52)46-36(50-38)42-26-9-5-2-6-10-26/h1-18,29-30,51-54H,19-22H2,(H,55,56,57)(H,58,59,60)(H3,39,41,43,45,47,49)(H3,40,42,44,46,48,50). The molecule has 4 aromatic carbocycles. The molecule has 0 radical (unpaired) electrons. The molecular weight excluding hydrogens is 849 g/mol. The van der Waals surface area contributed by atoms with Crippen LogP contribution >= 0.6 is 0 Å². The van der Waals surface area contributed by atoms with Crippen LogP contribution in [-0.2, 0) is 20.2 Å². The lowest BCUT2D eigenvalue weighted by molar-refractivity contribution is 0.105. The highest BCUT2D eigenvalue weighted by Crippen LogP contribution is 2.29. The van der Waals surface area contributed by atoms with Gasteiger partial charge in [-0.05, 0) is 59.7 Å². The first-order valence-electron chi connectivity index (χ1n) is 18.3. The van der Waals surface area contributed by atoms with Crippen LogP contribution in [0, 0.1) is 0 Å². The van der Waals surface area contributed by atoms with Gasteiger partial charge < -0.3 is 52.3 Å². The summed E-state index contributed by atoms with van der Waals surface area (Å²) in [6.07, 6.45) is 0.195. The summed E-state index contributed by atoms with van der Waals surface area (Å²) < 4.78 is 71.0. The molecule has 12 N–H and O–H groups in total. The van der Waals surface area contributed by atoms with Crippen molar-refractivity contribution in [2.24, 2.45) is 0 Å². The van der Waals surface area contributed by atoms with Crippen LogP contribution in [0.1, 0.15) is 11.1 Å². The summed E-state index contributed by atoms with van der Waals surface area (Å²) in [5.74, 6) is -0.0408. The van der Waals surface area contributed by atoms with E-state index in [1.54, 1.807) is 48.5 Å². The molecule has 0 saturated carbocycles. The lowest BCUT2D eigenvalue weighted by Gasteiger charge is -2.14. The van der Waals surface area contributed by atoms with Crippen LogP contribution in [0.3, 0.4) is 0 Å². The van der Waals surface area contributed by atoms with E-state index in [9.17, 15) is 46.4 Å². The number of anilines is 10. The number of hydrogen-bond acceptors (Lipinski definition) is 20. The molecule has 2 aromatic heterocycles. The Morgan fingerprint density at radius 2 is 0.790 bits per heavy atom. The van der Waals surface area contributed by atoms with Crippen LogP contribution in [-0.4, -0.2) is 115 Å². The molecule has 6 rings (SSSR count). The molecule has 2 heterocycles. The van der Waals surface area contributed by atoms with Gasteiger partial charge in [-0.15, -0.1) is 0 Å². The van der Waals surface area contributed by atoms with Crippen LogP contribution in [0.15, 0.2) is 107 Å². The largest absolute Gasteiger partial charge is 0.394 e. The molecule has 0 spiro atoms. The molecule has 22 nitrogen and oxygen atoms in total. The molecule has 0 aliphatic rings. The normalized spacial score (nSPS) is 12.7. The second kappa shape index (κ2) is 20.1. The summed E-state index contributed by atoms with van der Waals surface area (Å²) >= 11 is 0. The fourth-order valence-corrected chi connectivity index (χ4v) is 6.79. The number of nitrogens with zero attached hydrogens (tertiary/aromatic N) is 6. The SMILES string of the molecule is O=S(=O)(O)c1cc(Nc2nc(NCC(O)CO)nc(Nc3ccccc3)n2)ccc1C=Cc1ccc(Nc2nc(NCC(O)CO)nc(Nc3ccccc3)n2)cc1S(=O)(=O)O. The van der Waals surface area contributed by atoms with Crippen molar-refractivity contribution in [2.45, 2.75) is 22.0 Å². The average Bonchev–Trinajstić information content (AvgIpc) is 3.24. The Morgan fingerprint density at radius 3 is 1.11 bits per heavy atom. The minimum Gasteiger partial charge on any atom is -0.394 e. The van der Waals surface area contributed by atoms with Gasteiger partial charge in [-0.2, -0.15) is 46.7 Å². The van der Waals surface area contributed by atoms with E-state index in [1.165, 1.54) is 36.4 Å². The highest BCUT2D eigenvalue weighted by atomic mass is 32.2. The fourth-order valence-electron chi connectivity index (χ4n) is 5.37. The van der Waals surface area contributed by atoms with Gasteiger partial charge >= 0.3 is 0 Å². The third-order valence-electron chi connectivity index (χ3n) is 8.28. The van der Waals surface area contributed by atoms with Gasteiger partial charge in [0.05, 0.1) is 25.4 Å². The quantitative estimate of drug-likeness (QED) is 0.0387. The molecule has 324 valence electrons. The Kier molecular flexibility index (Phi) is 14.5. The van der Waals surface area contributed by atoms with Crippen molar-refractivity contribution >= 4 is 90.8 Å². The number of rotatable bonds is 20. The maximum Gasteiger partial charge on any atom is 0.295 e. The van der Waals surface area contributed by atoms with Crippen LogP contribution in [0.25, 0.3) is 12.2 Å². The van der Waals surface area contributed by atoms with E-state index in [0.29, 0.717) is 11.4 Å². The minimum atomic E-state index is -4.90. The van der Waals surface area contributed by atoms with Gasteiger partial charge in [0.1, 0.15) is 9.79 Å². The summed E-state index contributed by atoms with van der Waals surface area (Å²) in [5, 5.41) is 55.4. The Morgan fingerprint density at radius 1 is 0.468 bits per heavy atom. The maximum absolute atomic E-state index is 12.6. The number of aromatic nitrogens is 6. The van der Waals surface area contributed by atoms with Crippen molar-refractivity contribution in [1.29, 1.82) is 0 Å². The van der Waals surface area contributed by atoms with Crippen molar-refractivity contribution in [1.82, 2.24) is 29.9 Å². The second-order valence-electron chi connectivity index (χ2n) is 13.1. The van der Waals surface area contributed by atoms with E-state index in [0.717, 1.165) is 12.1 Å². The zero-order valence-electron chi connectivity index (χ0n) is 32.2. The molecular formula is C38H40N12O10S2. The number of hydrogen-bond donors (Lipinski definition) is 12. The summed E-state index contributed by atoms with van der Waals surface area (Å²) in [5.41, 5.74) is 1.33. The highest BCUT2D eigenvalue weighted by Gasteiger charge is 2.19. The van der Waals surface area contributed by atoms with E-state index >= 15 is 0 Å². The summed E-state index contributed by atoms with van der Waals surface area (Å²) in [6, 6.07) is 25.5. The number of nitrogens with one attached hydrogen (secondary N) is 6. The van der Waals surface area contributed by atoms with Crippen LogP contribution < -0.4 is 31.9 Å². The molecule has 0 bridgehead atoms. The molecule has 2 unspecified atom stereocenters. The predicted octanol–water partition coefficient (Wildman–Crippen LogP) is 3.23. The molecule has 0 aliphatic carbocycles. The van der Waals surface area contributed by atoms with E-state index in [-0.39, 0.29) is 71.3 Å². The van der Waals surface area contributed by atoms with Gasteiger partial charge in [0.2, 0.25) is 35.7 Å². The fraction of sp³-hybridized carbons (Fsp3) is 0.158. The Hall–Kier alpha value is -6.90. The Labute approximate surface area is 354 Å². The highest BCUT2D eigenvalue weighted by molar-refractivity contribution is 7.86. The lowest BCUT2D eigenvalue weighted by atomic mass is 10.1. The van der Waals surface area contributed by atoms with E-state index in [4.69, 9.17) is 0 Å². The molecule has 62 heavy (non-hydrogen) atoms. The second-order valence-corrected chi connectivity index (χ2v) is 15.8. The van der Waals surface area contributed by atoms with Gasteiger partial charge in [-0.25, -0.2) is 0 Å². The number of aliphatic hydroxyl groups excluding tert-OH is 4. The van der Waals surface area contributed by atoms with E-state index < -0.39 is 55.4 Å². The summed E-state index contributed by atoms with van der Waals surface area (Å²) in [7, 11) is -9.80. The number of aliphatic hydroxyl groups is 4. The number of para-hydroxylation sites is 2. The molecule has 6 aromatic rings. The number of benzene rings is 4. The zero-order chi connectivity index (χ0) is 44.3. The average molecular weight is 889 g/mol. The molecule has 0 amide bonds. The molecule has 0 aliphatic heterocycles. The Balaban J connectivity index is 1.27. The van der Waals surface area contributed by atoms with Gasteiger partial charge in [-0.1, -0.05) is 60.7 Å². The van der Waals surface area contributed by atoms with Crippen LogP contribution in [0.5, 0.6) is 0 Å². The first-order chi connectivity index (χ1) is 29.6. The molecule has 24 heteroatoms. The van der Waals surface area contributed by atoms with Crippen LogP contribution in [0.4, 0.5) is 58.4 Å². The van der Waals surface area contributed by atoms with Crippen molar-refractivity contribution < 1.29 is 46.4 Å². The predicted molar refractivity (Wildman–Crippen MR) is 230 cm³/mol. The first-order valence-corrected chi connectivity index (χ1v) is 21.2. The van der Waals surface area contributed by atoms with Crippen molar-refractivity contribution in [3.63, 3.8) is 0 Å². The maximum atomic E-state index is 12.6. The summed E-state index contributed by atoms with van der Waals surface area (Å²) in [4.78, 5) is 24.5. The zero-order valence-corrected chi connectivity index (χ0v) is 33.8. The monoisotopic (exact) mass is 888 g/mol. The van der Waals surface area contributed by atoms with E-state index in [2.05, 4.69) is 61.8 Å². The van der Waals surface area contributed by atoms with Crippen molar-refractivity contribution in [2.75, 3.05) is 58.2 Å². The Bertz CT molecular complexity index is 2550. The third kappa shape index (κ3) is 12.8. The topological polar surface area (TPSA) is 339 Å². The van der Waals surface area contributed by atoms with Gasteiger partial charge in [-0.3, -0.25) is 9.11 Å². The van der Waals surface area contributed by atoms with Crippen molar-refractivity contribution in [3.05, 3.63) is 108 Å². The lowest BCUT2D eigenvalue weighted by Crippen LogP contribution is -2.24. The van der Waals surface area contributed by atoms with Gasteiger partial charge in [0, 0.05) is 35.8 Å². The third-order valence-corrected chi connectivity index (χ3v) is 10.1. The van der Waals surface area contributed by atoms with Crippen molar-refractivity contribution in [3.8, 4) is 0 Å². The van der Waals surface area contributed by atoms with E-state index in [1.807, 2.05) is 12.1 Å². The first kappa shape index (κ1) is 44.6. The van der Waals surface area contributed by atoms with Gasteiger partial charge in [0.15, 0.2) is 0 Å². The molecule has 2 atom stereocenters.